The summed E-state index contributed by atoms with van der Waals surface area (Å²) < 4.78 is 40.2. The fourth-order valence-corrected chi connectivity index (χ4v) is 3.18. The number of carbonyl (C=O) groups excluding carboxylic acids is 1. The summed E-state index contributed by atoms with van der Waals surface area (Å²) >= 11 is 9.47. The van der Waals surface area contributed by atoms with Crippen LogP contribution in [0.25, 0.3) is 0 Å². The van der Waals surface area contributed by atoms with Crippen molar-refractivity contribution < 1.29 is 17.6 Å². The second-order valence-electron chi connectivity index (χ2n) is 4.34. The van der Waals surface area contributed by atoms with Crippen molar-refractivity contribution in [3.63, 3.8) is 0 Å². The van der Waals surface area contributed by atoms with Crippen molar-refractivity contribution in [3.05, 3.63) is 58.9 Å². The van der Waals surface area contributed by atoms with Gasteiger partial charge in [0, 0.05) is 16.3 Å². The van der Waals surface area contributed by atoms with Gasteiger partial charge in [0.1, 0.15) is 10.7 Å². The molecule has 22 heavy (non-hydrogen) atoms. The third-order valence-corrected chi connectivity index (χ3v) is 4.72. The van der Waals surface area contributed by atoms with Crippen LogP contribution in [-0.2, 0) is 10.0 Å². The number of anilines is 1. The minimum Gasteiger partial charge on any atom is -0.293 e. The monoisotopic (exact) mass is 359 g/mol. The number of ketones is 1. The van der Waals surface area contributed by atoms with Crippen molar-refractivity contribution in [2.24, 2.45) is 0 Å². The minimum absolute atomic E-state index is 0.0566. The van der Waals surface area contributed by atoms with Crippen LogP contribution in [0.15, 0.2) is 47.4 Å². The van der Waals surface area contributed by atoms with E-state index in [2.05, 4.69) is 17.4 Å². The second kappa shape index (κ2) is 6.68. The zero-order valence-corrected chi connectivity index (χ0v) is 13.6. The zero-order chi connectivity index (χ0) is 16.3. The summed E-state index contributed by atoms with van der Waals surface area (Å²) in [6.45, 7) is 0. The molecule has 0 saturated heterocycles. The molecule has 2 aromatic carbocycles. The lowest BCUT2D eigenvalue weighted by atomic mass is 10.1. The van der Waals surface area contributed by atoms with Crippen molar-refractivity contribution in [1.29, 1.82) is 0 Å². The predicted molar refractivity (Wildman–Crippen MR) is 86.8 cm³/mol. The Hall–Kier alpha value is -1.57. The molecule has 4 nitrogen and oxygen atoms in total. The average molecular weight is 360 g/mol. The fraction of sp³-hybridized carbons (Fsp3) is 0.0714. The first kappa shape index (κ1) is 16.8. The summed E-state index contributed by atoms with van der Waals surface area (Å²) in [5, 5.41) is 0.103. The van der Waals surface area contributed by atoms with E-state index in [4.69, 9.17) is 11.6 Å². The van der Waals surface area contributed by atoms with Crippen molar-refractivity contribution in [2.75, 3.05) is 10.5 Å². The molecule has 2 aromatic rings. The number of nitrogens with one attached hydrogen (secondary N) is 1. The maximum atomic E-state index is 13.7. The van der Waals surface area contributed by atoms with Crippen LogP contribution in [0.1, 0.15) is 10.4 Å². The van der Waals surface area contributed by atoms with Gasteiger partial charge in [-0.25, -0.2) is 12.8 Å². The Labute approximate surface area is 137 Å². The van der Waals surface area contributed by atoms with Gasteiger partial charge in [-0.1, -0.05) is 11.6 Å². The Morgan fingerprint density at radius 1 is 1.18 bits per heavy atom. The van der Waals surface area contributed by atoms with Gasteiger partial charge in [0.15, 0.2) is 5.78 Å². The third kappa shape index (κ3) is 3.79. The lowest BCUT2D eigenvalue weighted by Crippen LogP contribution is -2.14. The number of thiol groups is 1. The van der Waals surface area contributed by atoms with Crippen LogP contribution in [0.2, 0.25) is 5.02 Å². The minimum atomic E-state index is -4.08. The molecule has 0 atom stereocenters. The number of benzene rings is 2. The number of halogens is 2. The van der Waals surface area contributed by atoms with E-state index in [-0.39, 0.29) is 22.2 Å². The molecule has 0 aliphatic heterocycles. The maximum Gasteiger partial charge on any atom is 0.264 e. The summed E-state index contributed by atoms with van der Waals surface area (Å²) in [6, 6.07) is 9.06. The summed E-state index contributed by atoms with van der Waals surface area (Å²) in [5.74, 6) is -1.07. The molecule has 0 saturated carbocycles. The van der Waals surface area contributed by atoms with Gasteiger partial charge in [0.05, 0.1) is 5.75 Å². The molecule has 0 bridgehead atoms. The molecule has 1 N–H and O–H groups in total. The van der Waals surface area contributed by atoms with E-state index in [9.17, 15) is 17.6 Å². The molecule has 0 radical (unpaired) electrons. The summed E-state index contributed by atoms with van der Waals surface area (Å²) in [4.78, 5) is 10.9. The van der Waals surface area contributed by atoms with Gasteiger partial charge in [0.25, 0.3) is 10.0 Å². The molecule has 116 valence electrons. The van der Waals surface area contributed by atoms with Gasteiger partial charge in [-0.15, -0.1) is 0 Å². The van der Waals surface area contributed by atoms with Crippen LogP contribution >= 0.6 is 24.2 Å². The van der Waals surface area contributed by atoms with E-state index in [1.165, 1.54) is 30.3 Å². The van der Waals surface area contributed by atoms with E-state index in [0.717, 1.165) is 12.1 Å². The van der Waals surface area contributed by atoms with Crippen molar-refractivity contribution in [3.8, 4) is 0 Å². The Morgan fingerprint density at radius 3 is 2.36 bits per heavy atom. The summed E-state index contributed by atoms with van der Waals surface area (Å²) in [6.07, 6.45) is 0. The van der Waals surface area contributed by atoms with Crippen molar-refractivity contribution in [2.45, 2.75) is 4.90 Å². The van der Waals surface area contributed by atoms with E-state index < -0.39 is 20.7 Å². The highest BCUT2D eigenvalue weighted by atomic mass is 35.5. The molecule has 0 heterocycles. The fourth-order valence-electron chi connectivity index (χ4n) is 1.72. The molecule has 0 unspecified atom stereocenters. The number of hydrogen-bond acceptors (Lipinski definition) is 4. The first-order valence-electron chi connectivity index (χ1n) is 6.05. The lowest BCUT2D eigenvalue weighted by Gasteiger charge is -2.09. The van der Waals surface area contributed by atoms with E-state index in [0.29, 0.717) is 5.56 Å². The highest BCUT2D eigenvalue weighted by molar-refractivity contribution is 7.92. The number of rotatable bonds is 5. The lowest BCUT2D eigenvalue weighted by molar-refractivity contribution is 0.102. The molecular formula is C14H11ClFNO3S2. The maximum absolute atomic E-state index is 13.7. The van der Waals surface area contributed by atoms with Crippen LogP contribution in [0.5, 0.6) is 0 Å². The number of hydrogen-bond donors (Lipinski definition) is 2. The van der Waals surface area contributed by atoms with Crippen LogP contribution in [0, 0.1) is 5.82 Å². The van der Waals surface area contributed by atoms with Crippen LogP contribution < -0.4 is 4.72 Å². The van der Waals surface area contributed by atoms with Gasteiger partial charge in [-0.05, 0) is 42.5 Å². The third-order valence-electron chi connectivity index (χ3n) is 2.79. The standard InChI is InChI=1S/C14H11ClFNO3S2/c15-10-3-6-14(12(16)7-10)22(19,20)17-11-4-1-9(2-5-11)13(18)8-21/h1-7,17,21H,8H2. The van der Waals surface area contributed by atoms with Crippen molar-refractivity contribution >= 4 is 45.7 Å². The van der Waals surface area contributed by atoms with Crippen LogP contribution in [0.4, 0.5) is 10.1 Å². The van der Waals surface area contributed by atoms with E-state index in [1.807, 2.05) is 0 Å². The molecule has 0 aliphatic carbocycles. The second-order valence-corrected chi connectivity index (χ2v) is 6.74. The van der Waals surface area contributed by atoms with Gasteiger partial charge in [-0.3, -0.25) is 9.52 Å². The topological polar surface area (TPSA) is 63.2 Å². The molecule has 0 fully saturated rings. The van der Waals surface area contributed by atoms with Crippen LogP contribution in [-0.4, -0.2) is 20.0 Å². The molecule has 0 aliphatic rings. The average Bonchev–Trinajstić information content (AvgIpc) is 2.46. The number of carbonyl (C=O) groups is 1. The Bertz CT molecular complexity index is 807. The quantitative estimate of drug-likeness (QED) is 0.635. The molecule has 8 heteroatoms. The SMILES string of the molecule is O=C(CS)c1ccc(NS(=O)(=O)c2ccc(Cl)cc2F)cc1. The van der Waals surface area contributed by atoms with Gasteiger partial charge in [-0.2, -0.15) is 12.6 Å². The normalized spacial score (nSPS) is 11.2. The van der Waals surface area contributed by atoms with E-state index >= 15 is 0 Å². The largest absolute Gasteiger partial charge is 0.293 e. The van der Waals surface area contributed by atoms with Crippen LogP contribution in [0.3, 0.4) is 0 Å². The molecule has 0 spiro atoms. The Morgan fingerprint density at radius 2 is 1.82 bits per heavy atom. The zero-order valence-electron chi connectivity index (χ0n) is 11.1. The molecular weight excluding hydrogens is 349 g/mol. The number of sulfonamides is 1. The van der Waals surface area contributed by atoms with Gasteiger partial charge < -0.3 is 0 Å². The molecule has 0 amide bonds. The predicted octanol–water partition coefficient (Wildman–Crippen LogP) is 3.39. The molecule has 2 rings (SSSR count). The van der Waals surface area contributed by atoms with Gasteiger partial charge in [0.2, 0.25) is 0 Å². The smallest absolute Gasteiger partial charge is 0.264 e. The van der Waals surface area contributed by atoms with Gasteiger partial charge >= 0.3 is 0 Å². The van der Waals surface area contributed by atoms with E-state index in [1.54, 1.807) is 0 Å². The summed E-state index contributed by atoms with van der Waals surface area (Å²) in [7, 11) is -4.08. The first-order chi connectivity index (χ1) is 10.3. The Kier molecular flexibility index (Phi) is 5.10. The molecule has 0 aromatic heterocycles. The highest BCUT2D eigenvalue weighted by Crippen LogP contribution is 2.22. The summed E-state index contributed by atoms with van der Waals surface area (Å²) in [5.41, 5.74) is 0.626. The first-order valence-corrected chi connectivity index (χ1v) is 8.55. The van der Waals surface area contributed by atoms with Crippen molar-refractivity contribution in [1.82, 2.24) is 0 Å². The number of Topliss-reactive ketones (excluding diaryl/α,β-unsaturated/α-hetero) is 1. The highest BCUT2D eigenvalue weighted by Gasteiger charge is 2.19. The Balaban J connectivity index is 2.27.